The van der Waals surface area contributed by atoms with Crippen LogP contribution in [-0.4, -0.2) is 24.5 Å². The number of guanidine groups is 1. The van der Waals surface area contributed by atoms with Gasteiger partial charge in [0.15, 0.2) is 5.96 Å². The van der Waals surface area contributed by atoms with Gasteiger partial charge >= 0.3 is 0 Å². The van der Waals surface area contributed by atoms with Crippen molar-refractivity contribution in [3.63, 3.8) is 0 Å². The Morgan fingerprint density at radius 3 is 2.76 bits per heavy atom. The van der Waals surface area contributed by atoms with E-state index in [1.54, 1.807) is 0 Å². The van der Waals surface area contributed by atoms with Gasteiger partial charge in [0.2, 0.25) is 0 Å². The maximum atomic E-state index is 6.02. The van der Waals surface area contributed by atoms with E-state index in [2.05, 4.69) is 50.2 Å². The van der Waals surface area contributed by atoms with Gasteiger partial charge in [0.1, 0.15) is 0 Å². The SMILES string of the molecule is Cc1ccc(-c2cccc(C3(C)CCN(C)C(N)=N3)c2)s1. The second kappa shape index (κ2) is 5.19. The van der Waals surface area contributed by atoms with Gasteiger partial charge in [-0.3, -0.25) is 0 Å². The van der Waals surface area contributed by atoms with Gasteiger partial charge in [0.05, 0.1) is 5.54 Å². The minimum Gasteiger partial charge on any atom is -0.370 e. The van der Waals surface area contributed by atoms with Gasteiger partial charge in [-0.25, -0.2) is 4.99 Å². The molecule has 4 heteroatoms. The Balaban J connectivity index is 2.00. The molecule has 0 amide bonds. The number of aliphatic imine (C=N–C) groups is 1. The summed E-state index contributed by atoms with van der Waals surface area (Å²) in [6, 6.07) is 13.1. The van der Waals surface area contributed by atoms with E-state index < -0.39 is 0 Å². The molecule has 2 N–H and O–H groups in total. The van der Waals surface area contributed by atoms with Crippen LogP contribution >= 0.6 is 11.3 Å². The normalized spacial score (nSPS) is 22.2. The summed E-state index contributed by atoms with van der Waals surface area (Å²) >= 11 is 1.83. The monoisotopic (exact) mass is 299 g/mol. The van der Waals surface area contributed by atoms with Crippen molar-refractivity contribution in [3.05, 3.63) is 46.8 Å². The van der Waals surface area contributed by atoms with E-state index in [1.807, 2.05) is 23.3 Å². The fourth-order valence-corrected chi connectivity index (χ4v) is 3.56. The van der Waals surface area contributed by atoms with Crippen molar-refractivity contribution >= 4 is 17.3 Å². The van der Waals surface area contributed by atoms with Crippen molar-refractivity contribution < 1.29 is 0 Å². The molecular weight excluding hydrogens is 278 g/mol. The summed E-state index contributed by atoms with van der Waals surface area (Å²) in [6.45, 7) is 5.25. The second-order valence-corrected chi connectivity index (χ2v) is 7.19. The van der Waals surface area contributed by atoms with Gasteiger partial charge in [0, 0.05) is 23.3 Å². The number of nitrogens with zero attached hydrogens (tertiary/aromatic N) is 2. The molecule has 1 aromatic heterocycles. The molecule has 1 aliphatic rings. The van der Waals surface area contributed by atoms with Gasteiger partial charge in [-0.2, -0.15) is 0 Å². The first-order valence-electron chi connectivity index (χ1n) is 7.22. The molecule has 1 aromatic carbocycles. The number of aryl methyl sites for hydroxylation is 1. The summed E-state index contributed by atoms with van der Waals surface area (Å²) in [5, 5.41) is 0. The molecule has 1 unspecified atom stereocenters. The molecule has 2 aromatic rings. The molecule has 3 nitrogen and oxygen atoms in total. The fourth-order valence-electron chi connectivity index (χ4n) is 2.70. The van der Waals surface area contributed by atoms with Gasteiger partial charge in [-0.1, -0.05) is 18.2 Å². The van der Waals surface area contributed by atoms with E-state index in [9.17, 15) is 0 Å². The van der Waals surface area contributed by atoms with Crippen molar-refractivity contribution in [2.24, 2.45) is 10.7 Å². The Bertz CT molecular complexity index is 689. The molecule has 3 rings (SSSR count). The molecule has 110 valence electrons. The molecule has 1 aliphatic heterocycles. The van der Waals surface area contributed by atoms with Crippen molar-refractivity contribution in [1.29, 1.82) is 0 Å². The van der Waals surface area contributed by atoms with Gasteiger partial charge in [-0.05, 0) is 49.6 Å². The quantitative estimate of drug-likeness (QED) is 0.920. The van der Waals surface area contributed by atoms with Crippen LogP contribution in [0.5, 0.6) is 0 Å². The number of rotatable bonds is 2. The zero-order valence-corrected chi connectivity index (χ0v) is 13.6. The standard InChI is InChI=1S/C17H21N3S/c1-12-7-8-15(21-12)13-5-4-6-14(11-13)17(2)9-10-20(3)16(18)19-17/h4-8,11H,9-10H2,1-3H3,(H2,18,19). The molecule has 2 heterocycles. The highest BCUT2D eigenvalue weighted by Crippen LogP contribution is 2.35. The zero-order valence-electron chi connectivity index (χ0n) is 12.8. The van der Waals surface area contributed by atoms with Gasteiger partial charge < -0.3 is 10.6 Å². The Morgan fingerprint density at radius 2 is 2.10 bits per heavy atom. The maximum Gasteiger partial charge on any atom is 0.191 e. The number of hydrogen-bond acceptors (Lipinski definition) is 4. The summed E-state index contributed by atoms with van der Waals surface area (Å²) < 4.78 is 0. The molecule has 1 atom stereocenters. The third-order valence-corrected chi connectivity index (χ3v) is 5.25. The third-order valence-electron chi connectivity index (χ3n) is 4.20. The van der Waals surface area contributed by atoms with Crippen LogP contribution in [0.15, 0.2) is 41.4 Å². The molecule has 0 saturated heterocycles. The van der Waals surface area contributed by atoms with E-state index in [0.717, 1.165) is 13.0 Å². The van der Waals surface area contributed by atoms with E-state index in [4.69, 9.17) is 10.7 Å². The molecule has 0 bridgehead atoms. The van der Waals surface area contributed by atoms with Crippen LogP contribution < -0.4 is 5.73 Å². The first kappa shape index (κ1) is 14.1. The largest absolute Gasteiger partial charge is 0.370 e. The minimum absolute atomic E-state index is 0.223. The van der Waals surface area contributed by atoms with E-state index >= 15 is 0 Å². The highest BCUT2D eigenvalue weighted by atomic mass is 32.1. The van der Waals surface area contributed by atoms with Crippen LogP contribution in [0, 0.1) is 6.92 Å². The maximum absolute atomic E-state index is 6.02. The van der Waals surface area contributed by atoms with Crippen LogP contribution in [0.2, 0.25) is 0 Å². The van der Waals surface area contributed by atoms with Crippen molar-refractivity contribution in [2.75, 3.05) is 13.6 Å². The number of benzene rings is 1. The predicted octanol–water partition coefficient (Wildman–Crippen LogP) is 3.59. The zero-order chi connectivity index (χ0) is 15.0. The lowest BCUT2D eigenvalue weighted by Crippen LogP contribution is -2.43. The Kier molecular flexibility index (Phi) is 3.49. The van der Waals surface area contributed by atoms with Crippen molar-refractivity contribution in [1.82, 2.24) is 4.90 Å². The van der Waals surface area contributed by atoms with Crippen molar-refractivity contribution in [3.8, 4) is 10.4 Å². The average Bonchev–Trinajstić information content (AvgIpc) is 2.90. The van der Waals surface area contributed by atoms with Crippen molar-refractivity contribution in [2.45, 2.75) is 25.8 Å². The molecule has 0 spiro atoms. The summed E-state index contributed by atoms with van der Waals surface area (Å²) in [5.41, 5.74) is 8.30. The topological polar surface area (TPSA) is 41.6 Å². The van der Waals surface area contributed by atoms with Crippen LogP contribution in [0.3, 0.4) is 0 Å². The fraction of sp³-hybridized carbons (Fsp3) is 0.353. The molecule has 0 saturated carbocycles. The summed E-state index contributed by atoms with van der Waals surface area (Å²) in [6.07, 6.45) is 0.983. The molecular formula is C17H21N3S. The van der Waals surface area contributed by atoms with Crippen LogP contribution in [-0.2, 0) is 5.54 Å². The lowest BCUT2D eigenvalue weighted by atomic mass is 9.87. The lowest BCUT2D eigenvalue weighted by molar-refractivity contribution is 0.339. The lowest BCUT2D eigenvalue weighted by Gasteiger charge is -2.35. The number of nitrogens with two attached hydrogens (primary N) is 1. The predicted molar refractivity (Wildman–Crippen MR) is 90.7 cm³/mol. The third kappa shape index (κ3) is 2.68. The molecule has 21 heavy (non-hydrogen) atoms. The van der Waals surface area contributed by atoms with E-state index in [0.29, 0.717) is 5.96 Å². The molecule has 0 aliphatic carbocycles. The van der Waals surface area contributed by atoms with Crippen LogP contribution in [0.25, 0.3) is 10.4 Å². The van der Waals surface area contributed by atoms with Gasteiger partial charge in [-0.15, -0.1) is 11.3 Å². The smallest absolute Gasteiger partial charge is 0.191 e. The average molecular weight is 299 g/mol. The Hall–Kier alpha value is -1.81. The Labute approximate surface area is 130 Å². The minimum atomic E-state index is -0.223. The summed E-state index contributed by atoms with van der Waals surface area (Å²) in [7, 11) is 1.99. The Morgan fingerprint density at radius 1 is 1.29 bits per heavy atom. The second-order valence-electron chi connectivity index (χ2n) is 5.91. The summed E-state index contributed by atoms with van der Waals surface area (Å²) in [4.78, 5) is 9.38. The van der Waals surface area contributed by atoms with E-state index in [-0.39, 0.29) is 5.54 Å². The number of thiophene rings is 1. The molecule has 0 fully saturated rings. The first-order chi connectivity index (χ1) is 9.98. The van der Waals surface area contributed by atoms with E-state index in [1.165, 1.54) is 20.9 Å². The summed E-state index contributed by atoms with van der Waals surface area (Å²) in [5.74, 6) is 0.626. The van der Waals surface area contributed by atoms with Crippen LogP contribution in [0.1, 0.15) is 23.8 Å². The van der Waals surface area contributed by atoms with Gasteiger partial charge in [0.25, 0.3) is 0 Å². The molecule has 0 radical (unpaired) electrons. The highest BCUT2D eigenvalue weighted by molar-refractivity contribution is 7.15. The first-order valence-corrected chi connectivity index (χ1v) is 8.03. The number of hydrogen-bond donors (Lipinski definition) is 1. The van der Waals surface area contributed by atoms with Crippen LogP contribution in [0.4, 0.5) is 0 Å². The highest BCUT2D eigenvalue weighted by Gasteiger charge is 2.31.